The van der Waals surface area contributed by atoms with E-state index in [1.165, 1.54) is 32.1 Å². The fraction of sp³-hybridized carbons (Fsp3) is 0.960. The summed E-state index contributed by atoms with van der Waals surface area (Å²) in [6.45, 7) is 8.86. The van der Waals surface area contributed by atoms with Gasteiger partial charge >= 0.3 is 0 Å². The Hall–Kier alpha value is -0.690. The SMILES string of the molecule is CC(=O)N[C@H]1C[C@@H]2[C@H](CC[C@@]3(C)[C@H]2CC24OCCOC23OCCO4)[C@@]2(C)CCCCC12. The summed E-state index contributed by atoms with van der Waals surface area (Å²) < 4.78 is 25.8. The van der Waals surface area contributed by atoms with Gasteiger partial charge in [0.15, 0.2) is 0 Å². The molecular weight excluding hydrogens is 394 g/mol. The van der Waals surface area contributed by atoms with Crippen molar-refractivity contribution in [2.45, 2.75) is 89.8 Å². The zero-order valence-electron chi connectivity index (χ0n) is 19.4. The van der Waals surface area contributed by atoms with E-state index < -0.39 is 11.6 Å². The van der Waals surface area contributed by atoms with Crippen molar-refractivity contribution in [2.75, 3.05) is 26.4 Å². The maximum Gasteiger partial charge on any atom is 0.229 e. The van der Waals surface area contributed by atoms with E-state index in [-0.39, 0.29) is 17.4 Å². The number of nitrogens with one attached hydrogen (secondary N) is 1. The third kappa shape index (κ3) is 2.57. The average molecular weight is 434 g/mol. The normalized spacial score (nSPS) is 55.8. The number of hydrogen-bond donors (Lipinski definition) is 1. The molecule has 2 saturated heterocycles. The van der Waals surface area contributed by atoms with E-state index in [0.29, 0.717) is 55.5 Å². The second-order valence-corrected chi connectivity index (χ2v) is 11.7. The highest BCUT2D eigenvalue weighted by atomic mass is 16.8. The van der Waals surface area contributed by atoms with Crippen molar-refractivity contribution < 1.29 is 23.7 Å². The number of fused-ring (bicyclic) bond motifs is 5. The Morgan fingerprint density at radius 1 is 0.871 bits per heavy atom. The van der Waals surface area contributed by atoms with Crippen molar-refractivity contribution in [1.82, 2.24) is 5.32 Å². The lowest BCUT2D eigenvalue weighted by Crippen LogP contribution is -2.70. The zero-order valence-corrected chi connectivity index (χ0v) is 19.4. The molecule has 0 aromatic rings. The van der Waals surface area contributed by atoms with Crippen LogP contribution in [0.3, 0.4) is 0 Å². The van der Waals surface area contributed by atoms with Crippen molar-refractivity contribution in [2.24, 2.45) is 34.5 Å². The van der Waals surface area contributed by atoms with Crippen LogP contribution < -0.4 is 5.32 Å². The molecule has 1 unspecified atom stereocenters. The fourth-order valence-corrected chi connectivity index (χ4v) is 9.51. The molecule has 7 atom stereocenters. The first-order valence-electron chi connectivity index (χ1n) is 12.7. The first-order valence-corrected chi connectivity index (χ1v) is 12.7. The predicted octanol–water partition coefficient (Wildman–Crippen LogP) is 3.63. The Balaban J connectivity index is 1.41. The van der Waals surface area contributed by atoms with E-state index in [9.17, 15) is 4.79 Å². The summed E-state index contributed by atoms with van der Waals surface area (Å²) in [5.41, 5.74) is 0.168. The lowest BCUT2D eigenvalue weighted by atomic mass is 9.44. The van der Waals surface area contributed by atoms with Gasteiger partial charge in [-0.2, -0.15) is 0 Å². The highest BCUT2D eigenvalue weighted by Gasteiger charge is 2.79. The molecular formula is C25H39NO5. The number of carbonyl (C=O) groups is 1. The van der Waals surface area contributed by atoms with Gasteiger partial charge in [-0.1, -0.05) is 26.7 Å². The monoisotopic (exact) mass is 433 g/mol. The van der Waals surface area contributed by atoms with Crippen LogP contribution in [-0.4, -0.2) is 50.0 Å². The van der Waals surface area contributed by atoms with Crippen molar-refractivity contribution >= 4 is 5.91 Å². The Morgan fingerprint density at radius 3 is 2.29 bits per heavy atom. The van der Waals surface area contributed by atoms with Crippen molar-refractivity contribution in [1.29, 1.82) is 0 Å². The summed E-state index contributed by atoms with van der Waals surface area (Å²) in [6.07, 6.45) is 9.37. The summed E-state index contributed by atoms with van der Waals surface area (Å²) in [5.74, 6) is 0.782. The molecule has 0 aromatic heterocycles. The van der Waals surface area contributed by atoms with Gasteiger partial charge in [-0.15, -0.1) is 0 Å². The van der Waals surface area contributed by atoms with Crippen LogP contribution in [0.4, 0.5) is 0 Å². The third-order valence-corrected chi connectivity index (χ3v) is 10.6. The summed E-state index contributed by atoms with van der Waals surface area (Å²) in [7, 11) is 0. The van der Waals surface area contributed by atoms with E-state index >= 15 is 0 Å². The average Bonchev–Trinajstić information content (AvgIpc) is 3.00. The number of amides is 1. The Morgan fingerprint density at radius 2 is 1.58 bits per heavy atom. The maximum absolute atomic E-state index is 12.2. The Labute approximate surface area is 186 Å². The first-order chi connectivity index (χ1) is 14.9. The Bertz CT molecular complexity index is 744. The molecule has 1 amide bonds. The molecule has 6 nitrogen and oxygen atoms in total. The second kappa shape index (κ2) is 6.91. The molecule has 6 rings (SSSR count). The molecule has 6 fully saturated rings. The van der Waals surface area contributed by atoms with Crippen LogP contribution in [0, 0.1) is 34.5 Å². The van der Waals surface area contributed by atoms with Crippen LogP contribution in [0.5, 0.6) is 0 Å². The quantitative estimate of drug-likeness (QED) is 0.684. The molecule has 0 spiro atoms. The zero-order chi connectivity index (χ0) is 21.5. The van der Waals surface area contributed by atoms with Gasteiger partial charge in [0.05, 0.1) is 26.4 Å². The van der Waals surface area contributed by atoms with Crippen LogP contribution in [0.15, 0.2) is 0 Å². The van der Waals surface area contributed by atoms with Gasteiger partial charge in [0.1, 0.15) is 0 Å². The van der Waals surface area contributed by atoms with Gasteiger partial charge in [0.2, 0.25) is 17.5 Å². The maximum atomic E-state index is 12.2. The van der Waals surface area contributed by atoms with E-state index in [0.717, 1.165) is 19.3 Å². The van der Waals surface area contributed by atoms with Gasteiger partial charge in [0.25, 0.3) is 0 Å². The molecule has 0 bridgehead atoms. The lowest BCUT2D eigenvalue weighted by Gasteiger charge is -2.63. The molecule has 31 heavy (non-hydrogen) atoms. The van der Waals surface area contributed by atoms with Gasteiger partial charge in [-0.05, 0) is 61.2 Å². The van der Waals surface area contributed by atoms with Gasteiger partial charge in [-0.3, -0.25) is 4.79 Å². The Kier molecular flexibility index (Phi) is 4.65. The third-order valence-electron chi connectivity index (χ3n) is 10.6. The molecule has 6 aliphatic rings. The highest BCUT2D eigenvalue weighted by Crippen LogP contribution is 2.72. The van der Waals surface area contributed by atoms with E-state index in [1.54, 1.807) is 6.92 Å². The highest BCUT2D eigenvalue weighted by molar-refractivity contribution is 5.73. The smallest absolute Gasteiger partial charge is 0.229 e. The topological polar surface area (TPSA) is 66.0 Å². The standard InChI is InChI=1S/C25H39NO5/c1-16(27)26-21-14-17-18(22(2)8-5-4-6-19(21)22)7-9-23(3)20(17)15-24-25(23,30-12-10-28-24)31-13-11-29-24/h17-21H,4-15H2,1-3H3,(H,26,27)/t17-,18+,19?,20+,21+,22-,23+,24?,25?/m1/s1. The van der Waals surface area contributed by atoms with E-state index in [4.69, 9.17) is 18.9 Å². The second-order valence-electron chi connectivity index (χ2n) is 11.7. The minimum Gasteiger partial charge on any atom is -0.353 e. The van der Waals surface area contributed by atoms with E-state index in [1.807, 2.05) is 0 Å². The van der Waals surface area contributed by atoms with E-state index in [2.05, 4.69) is 19.2 Å². The van der Waals surface area contributed by atoms with Gasteiger partial charge in [-0.25, -0.2) is 0 Å². The fourth-order valence-electron chi connectivity index (χ4n) is 9.51. The number of rotatable bonds is 1. The number of hydrogen-bond acceptors (Lipinski definition) is 5. The van der Waals surface area contributed by atoms with Crippen LogP contribution >= 0.6 is 0 Å². The molecule has 4 saturated carbocycles. The number of ether oxygens (including phenoxy) is 4. The molecule has 0 aromatic carbocycles. The predicted molar refractivity (Wildman–Crippen MR) is 114 cm³/mol. The largest absolute Gasteiger partial charge is 0.353 e. The minimum absolute atomic E-state index is 0.110. The van der Waals surface area contributed by atoms with Crippen molar-refractivity contribution in [3.63, 3.8) is 0 Å². The summed E-state index contributed by atoms with van der Waals surface area (Å²) in [4.78, 5) is 12.2. The first kappa shape index (κ1) is 20.9. The van der Waals surface area contributed by atoms with Gasteiger partial charge < -0.3 is 24.3 Å². The number of carbonyl (C=O) groups excluding carboxylic acids is 1. The molecule has 0 radical (unpaired) electrons. The minimum atomic E-state index is -0.792. The van der Waals surface area contributed by atoms with Crippen molar-refractivity contribution in [3.8, 4) is 0 Å². The molecule has 2 aliphatic heterocycles. The summed E-state index contributed by atoms with van der Waals surface area (Å²) in [5, 5.41) is 3.39. The van der Waals surface area contributed by atoms with Crippen LogP contribution in [0.1, 0.15) is 72.1 Å². The van der Waals surface area contributed by atoms with Crippen LogP contribution in [0.2, 0.25) is 0 Å². The van der Waals surface area contributed by atoms with Gasteiger partial charge in [0, 0.05) is 24.8 Å². The molecule has 4 aliphatic carbocycles. The van der Waals surface area contributed by atoms with Crippen LogP contribution in [-0.2, 0) is 23.7 Å². The lowest BCUT2D eigenvalue weighted by molar-refractivity contribution is -0.474. The van der Waals surface area contributed by atoms with Crippen LogP contribution in [0.25, 0.3) is 0 Å². The van der Waals surface area contributed by atoms with Crippen molar-refractivity contribution in [3.05, 3.63) is 0 Å². The molecule has 2 heterocycles. The summed E-state index contributed by atoms with van der Waals surface area (Å²) >= 11 is 0. The molecule has 1 N–H and O–H groups in total. The molecule has 6 heteroatoms. The summed E-state index contributed by atoms with van der Waals surface area (Å²) in [6, 6.07) is 0.273. The molecule has 174 valence electrons.